The van der Waals surface area contributed by atoms with Gasteiger partial charge < -0.3 is 15.8 Å². The molecule has 0 spiro atoms. The van der Waals surface area contributed by atoms with Gasteiger partial charge in [-0.15, -0.1) is 0 Å². The first-order valence-corrected chi connectivity index (χ1v) is 9.78. The van der Waals surface area contributed by atoms with E-state index in [1.54, 1.807) is 12.1 Å². The van der Waals surface area contributed by atoms with Crippen LogP contribution in [0.5, 0.6) is 5.75 Å². The standard InChI is InChI=1S/C18H23N3O4S/c1-3-26(23,24)21-16-10-9-14(12-17(16)25-2)20-18(22)15(19)11-13-7-5-4-6-8-13/h4-10,12,15,21H,3,11,19H2,1-2H3,(H,20,22)/t15-/m0/s1. The zero-order chi connectivity index (χ0) is 19.2. The van der Waals surface area contributed by atoms with E-state index in [0.717, 1.165) is 5.56 Å². The van der Waals surface area contributed by atoms with Crippen molar-refractivity contribution >= 4 is 27.3 Å². The Morgan fingerprint density at radius 2 is 1.88 bits per heavy atom. The largest absolute Gasteiger partial charge is 0.494 e. The van der Waals surface area contributed by atoms with E-state index >= 15 is 0 Å². The Balaban J connectivity index is 2.08. The first-order chi connectivity index (χ1) is 12.3. The molecule has 2 aromatic carbocycles. The number of ether oxygens (including phenoxy) is 1. The number of hydrogen-bond donors (Lipinski definition) is 3. The van der Waals surface area contributed by atoms with Crippen molar-refractivity contribution in [2.75, 3.05) is 22.9 Å². The SMILES string of the molecule is CCS(=O)(=O)Nc1ccc(NC(=O)[C@@H](N)Cc2ccccc2)cc1OC. The highest BCUT2D eigenvalue weighted by atomic mass is 32.2. The third kappa shape index (κ3) is 5.47. The molecule has 26 heavy (non-hydrogen) atoms. The molecule has 0 aliphatic carbocycles. The quantitative estimate of drug-likeness (QED) is 0.651. The van der Waals surface area contributed by atoms with Crippen LogP contribution in [0.15, 0.2) is 48.5 Å². The molecular weight excluding hydrogens is 354 g/mol. The van der Waals surface area contributed by atoms with Crippen molar-refractivity contribution in [3.63, 3.8) is 0 Å². The highest BCUT2D eigenvalue weighted by Crippen LogP contribution is 2.29. The number of anilines is 2. The minimum Gasteiger partial charge on any atom is -0.494 e. The van der Waals surface area contributed by atoms with Crippen LogP contribution in [0.2, 0.25) is 0 Å². The maximum absolute atomic E-state index is 12.3. The first-order valence-electron chi connectivity index (χ1n) is 8.13. The number of carbonyl (C=O) groups is 1. The monoisotopic (exact) mass is 377 g/mol. The third-order valence-corrected chi connectivity index (χ3v) is 5.04. The van der Waals surface area contributed by atoms with Gasteiger partial charge in [0, 0.05) is 11.8 Å². The number of nitrogens with one attached hydrogen (secondary N) is 2. The molecule has 0 heterocycles. The van der Waals surface area contributed by atoms with E-state index in [0.29, 0.717) is 23.5 Å². The average molecular weight is 377 g/mol. The van der Waals surface area contributed by atoms with E-state index < -0.39 is 16.1 Å². The molecule has 0 aromatic heterocycles. The fourth-order valence-corrected chi connectivity index (χ4v) is 2.94. The number of benzene rings is 2. The summed E-state index contributed by atoms with van der Waals surface area (Å²) in [6.45, 7) is 1.54. The highest BCUT2D eigenvalue weighted by Gasteiger charge is 2.16. The van der Waals surface area contributed by atoms with Crippen LogP contribution in [0.25, 0.3) is 0 Å². The zero-order valence-electron chi connectivity index (χ0n) is 14.7. The van der Waals surface area contributed by atoms with Crippen molar-refractivity contribution < 1.29 is 17.9 Å². The maximum atomic E-state index is 12.3. The van der Waals surface area contributed by atoms with E-state index in [1.165, 1.54) is 20.1 Å². The zero-order valence-corrected chi connectivity index (χ0v) is 15.5. The molecule has 0 aliphatic rings. The summed E-state index contributed by atoms with van der Waals surface area (Å²) < 4.78 is 31.1. The Bertz CT molecular complexity index is 854. The summed E-state index contributed by atoms with van der Waals surface area (Å²) in [6.07, 6.45) is 0.415. The molecule has 1 atom stereocenters. The van der Waals surface area contributed by atoms with Crippen molar-refractivity contribution in [1.82, 2.24) is 0 Å². The van der Waals surface area contributed by atoms with Crippen LogP contribution in [-0.4, -0.2) is 33.2 Å². The van der Waals surface area contributed by atoms with Gasteiger partial charge in [0.1, 0.15) is 5.75 Å². The lowest BCUT2D eigenvalue weighted by atomic mass is 10.1. The molecule has 140 valence electrons. The molecule has 0 saturated carbocycles. The fraction of sp³-hybridized carbons (Fsp3) is 0.278. The Morgan fingerprint density at radius 3 is 2.50 bits per heavy atom. The van der Waals surface area contributed by atoms with Crippen LogP contribution in [-0.2, 0) is 21.2 Å². The number of nitrogens with two attached hydrogens (primary N) is 1. The number of amides is 1. The first kappa shape index (κ1) is 19.7. The summed E-state index contributed by atoms with van der Waals surface area (Å²) >= 11 is 0. The predicted octanol–water partition coefficient (Wildman–Crippen LogP) is 1.97. The number of rotatable bonds is 8. The molecule has 0 saturated heterocycles. The number of methoxy groups -OCH3 is 1. The molecule has 2 aromatic rings. The van der Waals surface area contributed by atoms with Gasteiger partial charge in [0.25, 0.3) is 0 Å². The summed E-state index contributed by atoms with van der Waals surface area (Å²) in [4.78, 5) is 12.3. The Hall–Kier alpha value is -2.58. The number of sulfonamides is 1. The molecule has 7 nitrogen and oxygen atoms in total. The second-order valence-corrected chi connectivity index (χ2v) is 7.72. The van der Waals surface area contributed by atoms with Crippen molar-refractivity contribution in [3.05, 3.63) is 54.1 Å². The van der Waals surface area contributed by atoms with Gasteiger partial charge in [0.2, 0.25) is 15.9 Å². The van der Waals surface area contributed by atoms with Gasteiger partial charge >= 0.3 is 0 Å². The lowest BCUT2D eigenvalue weighted by Gasteiger charge is -2.15. The molecular formula is C18H23N3O4S. The van der Waals surface area contributed by atoms with Gasteiger partial charge in [0.05, 0.1) is 24.6 Å². The molecule has 1 amide bonds. The van der Waals surface area contributed by atoms with E-state index in [4.69, 9.17) is 10.5 Å². The molecule has 4 N–H and O–H groups in total. The van der Waals surface area contributed by atoms with E-state index in [2.05, 4.69) is 10.0 Å². The van der Waals surface area contributed by atoms with E-state index in [9.17, 15) is 13.2 Å². The van der Waals surface area contributed by atoms with Gasteiger partial charge in [-0.05, 0) is 31.0 Å². The highest BCUT2D eigenvalue weighted by molar-refractivity contribution is 7.92. The number of hydrogen-bond acceptors (Lipinski definition) is 5. The van der Waals surface area contributed by atoms with Crippen LogP contribution < -0.4 is 20.5 Å². The number of carbonyl (C=O) groups excluding carboxylic acids is 1. The second kappa shape index (κ2) is 8.68. The molecule has 0 bridgehead atoms. The van der Waals surface area contributed by atoms with Gasteiger partial charge in [-0.1, -0.05) is 30.3 Å². The fourth-order valence-electron chi connectivity index (χ4n) is 2.29. The van der Waals surface area contributed by atoms with Crippen LogP contribution in [0.3, 0.4) is 0 Å². The van der Waals surface area contributed by atoms with Crippen LogP contribution in [0.4, 0.5) is 11.4 Å². The Morgan fingerprint density at radius 1 is 1.19 bits per heavy atom. The normalized spacial score (nSPS) is 12.3. The van der Waals surface area contributed by atoms with Crippen LogP contribution in [0, 0.1) is 0 Å². The smallest absolute Gasteiger partial charge is 0.241 e. The maximum Gasteiger partial charge on any atom is 0.241 e. The predicted molar refractivity (Wildman–Crippen MR) is 103 cm³/mol. The third-order valence-electron chi connectivity index (χ3n) is 3.75. The van der Waals surface area contributed by atoms with Gasteiger partial charge in [-0.25, -0.2) is 8.42 Å². The lowest BCUT2D eigenvalue weighted by molar-refractivity contribution is -0.117. The Kier molecular flexibility index (Phi) is 6.59. The lowest BCUT2D eigenvalue weighted by Crippen LogP contribution is -2.37. The molecule has 0 unspecified atom stereocenters. The van der Waals surface area contributed by atoms with Crippen LogP contribution >= 0.6 is 0 Å². The van der Waals surface area contributed by atoms with Crippen LogP contribution in [0.1, 0.15) is 12.5 Å². The average Bonchev–Trinajstić information content (AvgIpc) is 2.63. The molecule has 0 radical (unpaired) electrons. The minimum absolute atomic E-state index is 0.0526. The minimum atomic E-state index is -3.43. The van der Waals surface area contributed by atoms with Crippen molar-refractivity contribution in [2.24, 2.45) is 5.73 Å². The Labute approximate surface area is 153 Å². The summed E-state index contributed by atoms with van der Waals surface area (Å²) in [5, 5.41) is 2.72. The topological polar surface area (TPSA) is 111 Å². The molecule has 0 aliphatic heterocycles. The second-order valence-electron chi connectivity index (χ2n) is 5.71. The molecule has 0 fully saturated rings. The summed E-state index contributed by atoms with van der Waals surface area (Å²) in [7, 11) is -2.00. The van der Waals surface area contributed by atoms with Gasteiger partial charge in [-0.2, -0.15) is 0 Å². The molecule has 8 heteroatoms. The van der Waals surface area contributed by atoms with E-state index in [-0.39, 0.29) is 11.7 Å². The van der Waals surface area contributed by atoms with Crippen molar-refractivity contribution in [3.8, 4) is 5.75 Å². The van der Waals surface area contributed by atoms with Crippen molar-refractivity contribution in [2.45, 2.75) is 19.4 Å². The van der Waals surface area contributed by atoms with Gasteiger partial charge in [0.15, 0.2) is 0 Å². The van der Waals surface area contributed by atoms with Gasteiger partial charge in [-0.3, -0.25) is 9.52 Å². The summed E-state index contributed by atoms with van der Waals surface area (Å²) in [6, 6.07) is 13.4. The van der Waals surface area contributed by atoms with Crippen molar-refractivity contribution in [1.29, 1.82) is 0 Å². The summed E-state index contributed by atoms with van der Waals surface area (Å²) in [5.74, 6) is -0.0857. The molecule has 2 rings (SSSR count). The summed E-state index contributed by atoms with van der Waals surface area (Å²) in [5.41, 5.74) is 7.71. The van der Waals surface area contributed by atoms with E-state index in [1.807, 2.05) is 30.3 Å².